The molecule has 0 heterocycles. The Morgan fingerprint density at radius 3 is 2.57 bits per heavy atom. The lowest BCUT2D eigenvalue weighted by Crippen LogP contribution is -2.20. The van der Waals surface area contributed by atoms with Gasteiger partial charge in [0.15, 0.2) is 0 Å². The summed E-state index contributed by atoms with van der Waals surface area (Å²) in [5.74, 6) is -0.512. The number of benzene rings is 2. The first-order valence-corrected chi connectivity index (χ1v) is 7.26. The lowest BCUT2D eigenvalue weighted by atomic mass is 10.1. The number of non-ortho nitro benzene ring substituents is 1. The van der Waals surface area contributed by atoms with Crippen molar-refractivity contribution in [2.24, 2.45) is 5.10 Å². The number of halogens is 1. The first-order valence-electron chi connectivity index (χ1n) is 6.88. The highest BCUT2D eigenvalue weighted by atomic mass is 35.5. The largest absolute Gasteiger partial charge is 0.271 e. The smallest absolute Gasteiger partial charge is 0.267 e. The first kappa shape index (κ1) is 16.6. The topological polar surface area (TPSA) is 84.6 Å². The predicted octanol–water partition coefficient (Wildman–Crippen LogP) is 3.79. The molecule has 1 N–H and O–H groups in total. The molecule has 118 valence electrons. The monoisotopic (exact) mass is 331 g/mol. The van der Waals surface area contributed by atoms with Crippen molar-refractivity contribution in [1.82, 2.24) is 5.43 Å². The molecule has 1 amide bonds. The number of nitrogens with one attached hydrogen (secondary N) is 1. The maximum atomic E-state index is 12.1. The summed E-state index contributed by atoms with van der Waals surface area (Å²) < 4.78 is 0. The number of hydrazone groups is 1. The van der Waals surface area contributed by atoms with Crippen LogP contribution in [0.5, 0.6) is 0 Å². The molecule has 0 saturated heterocycles. The van der Waals surface area contributed by atoms with Gasteiger partial charge in [0.25, 0.3) is 11.6 Å². The van der Waals surface area contributed by atoms with E-state index in [1.165, 1.54) is 24.3 Å². The van der Waals surface area contributed by atoms with Gasteiger partial charge in [-0.2, -0.15) is 5.10 Å². The van der Waals surface area contributed by atoms with Crippen LogP contribution in [0.25, 0.3) is 0 Å². The van der Waals surface area contributed by atoms with Crippen molar-refractivity contribution in [2.75, 3.05) is 0 Å². The summed E-state index contributed by atoms with van der Waals surface area (Å²) in [6.45, 7) is 1.90. The molecular formula is C16H14ClN3O3. The van der Waals surface area contributed by atoms with E-state index in [4.69, 9.17) is 11.6 Å². The minimum Gasteiger partial charge on any atom is -0.267 e. The SMILES string of the molecule is CCC(=NNC(=O)c1cccc([N+](=O)[O-])c1)c1cccc(Cl)c1. The molecule has 0 atom stereocenters. The van der Waals surface area contributed by atoms with Crippen LogP contribution in [-0.4, -0.2) is 16.5 Å². The number of hydrogen-bond donors (Lipinski definition) is 1. The highest BCUT2D eigenvalue weighted by Crippen LogP contribution is 2.14. The summed E-state index contributed by atoms with van der Waals surface area (Å²) in [6.07, 6.45) is 0.593. The molecule has 2 aromatic rings. The van der Waals surface area contributed by atoms with Crippen molar-refractivity contribution in [3.05, 3.63) is 74.8 Å². The molecule has 0 unspecified atom stereocenters. The van der Waals surface area contributed by atoms with Crippen LogP contribution in [0.2, 0.25) is 5.02 Å². The van der Waals surface area contributed by atoms with Gasteiger partial charge in [-0.25, -0.2) is 5.43 Å². The quantitative estimate of drug-likeness (QED) is 0.514. The van der Waals surface area contributed by atoms with E-state index < -0.39 is 10.8 Å². The second-order valence-corrected chi connectivity index (χ2v) is 5.11. The molecule has 0 fully saturated rings. The van der Waals surface area contributed by atoms with Crippen molar-refractivity contribution in [1.29, 1.82) is 0 Å². The van der Waals surface area contributed by atoms with E-state index in [-0.39, 0.29) is 11.3 Å². The standard InChI is InChI=1S/C16H14ClN3O3/c1-2-15(11-5-3-7-13(17)9-11)18-19-16(21)12-6-4-8-14(10-12)20(22)23/h3-10H,2H2,1H3,(H,19,21). The zero-order chi connectivity index (χ0) is 16.8. The van der Waals surface area contributed by atoms with Crippen LogP contribution in [-0.2, 0) is 0 Å². The van der Waals surface area contributed by atoms with Gasteiger partial charge in [0.05, 0.1) is 10.6 Å². The third kappa shape index (κ3) is 4.37. The fraction of sp³-hybridized carbons (Fsp3) is 0.125. The van der Waals surface area contributed by atoms with E-state index >= 15 is 0 Å². The number of nitrogens with zero attached hydrogens (tertiary/aromatic N) is 2. The van der Waals surface area contributed by atoms with Gasteiger partial charge in [-0.3, -0.25) is 14.9 Å². The molecule has 6 nitrogen and oxygen atoms in total. The van der Waals surface area contributed by atoms with Gasteiger partial charge in [0.2, 0.25) is 0 Å². The van der Waals surface area contributed by atoms with Crippen LogP contribution in [0.1, 0.15) is 29.3 Å². The summed E-state index contributed by atoms with van der Waals surface area (Å²) in [5.41, 5.74) is 3.91. The number of rotatable bonds is 5. The van der Waals surface area contributed by atoms with Gasteiger partial charge < -0.3 is 0 Å². The molecule has 0 aliphatic carbocycles. The second-order valence-electron chi connectivity index (χ2n) is 4.67. The Balaban J connectivity index is 2.18. The number of carbonyl (C=O) groups excluding carboxylic acids is 1. The molecule has 2 rings (SSSR count). The molecule has 0 bridgehead atoms. The molecule has 0 saturated carbocycles. The van der Waals surface area contributed by atoms with Crippen LogP contribution in [0.15, 0.2) is 53.6 Å². The average molecular weight is 332 g/mol. The van der Waals surface area contributed by atoms with Crippen molar-refractivity contribution >= 4 is 28.9 Å². The van der Waals surface area contributed by atoms with Crippen LogP contribution >= 0.6 is 11.6 Å². The Kier molecular flexibility index (Phi) is 5.43. The number of hydrogen-bond acceptors (Lipinski definition) is 4. The zero-order valence-electron chi connectivity index (χ0n) is 12.3. The Bertz CT molecular complexity index is 775. The fourth-order valence-electron chi connectivity index (χ4n) is 1.96. The summed E-state index contributed by atoms with van der Waals surface area (Å²) in [7, 11) is 0. The normalized spacial score (nSPS) is 11.1. The van der Waals surface area contributed by atoms with Crippen molar-refractivity contribution < 1.29 is 9.72 Å². The third-order valence-corrected chi connectivity index (χ3v) is 3.34. The Morgan fingerprint density at radius 1 is 1.22 bits per heavy atom. The Labute approximate surface area is 137 Å². The zero-order valence-corrected chi connectivity index (χ0v) is 13.1. The van der Waals surface area contributed by atoms with Crippen LogP contribution in [0, 0.1) is 10.1 Å². The number of nitro groups is 1. The van der Waals surface area contributed by atoms with Crippen LogP contribution < -0.4 is 5.43 Å². The molecule has 23 heavy (non-hydrogen) atoms. The van der Waals surface area contributed by atoms with Gasteiger partial charge in [-0.1, -0.05) is 36.7 Å². The maximum absolute atomic E-state index is 12.1. The van der Waals surface area contributed by atoms with Gasteiger partial charge in [-0.05, 0) is 30.2 Å². The lowest BCUT2D eigenvalue weighted by Gasteiger charge is -2.06. The molecule has 0 spiro atoms. The van der Waals surface area contributed by atoms with E-state index in [0.717, 1.165) is 5.56 Å². The van der Waals surface area contributed by atoms with Gasteiger partial charge >= 0.3 is 0 Å². The Morgan fingerprint density at radius 2 is 1.91 bits per heavy atom. The molecular weight excluding hydrogens is 318 g/mol. The van der Waals surface area contributed by atoms with Gasteiger partial charge in [0.1, 0.15) is 0 Å². The fourth-order valence-corrected chi connectivity index (χ4v) is 2.15. The highest BCUT2D eigenvalue weighted by molar-refractivity contribution is 6.31. The van der Waals surface area contributed by atoms with Crippen LogP contribution in [0.4, 0.5) is 5.69 Å². The molecule has 0 aromatic heterocycles. The number of amides is 1. The van der Waals surface area contributed by atoms with Gasteiger partial charge in [-0.15, -0.1) is 0 Å². The van der Waals surface area contributed by atoms with E-state index in [0.29, 0.717) is 17.2 Å². The number of carbonyl (C=O) groups is 1. The van der Waals surface area contributed by atoms with E-state index in [1.54, 1.807) is 18.2 Å². The lowest BCUT2D eigenvalue weighted by molar-refractivity contribution is -0.384. The summed E-state index contributed by atoms with van der Waals surface area (Å²) in [6, 6.07) is 12.6. The molecule has 0 aliphatic rings. The second kappa shape index (κ2) is 7.51. The predicted molar refractivity (Wildman–Crippen MR) is 88.8 cm³/mol. The Hall–Kier alpha value is -2.73. The minimum atomic E-state index is -0.552. The molecule has 7 heteroatoms. The summed E-state index contributed by atoms with van der Waals surface area (Å²) >= 11 is 5.95. The average Bonchev–Trinajstić information content (AvgIpc) is 2.55. The summed E-state index contributed by atoms with van der Waals surface area (Å²) in [5, 5.41) is 15.4. The molecule has 0 radical (unpaired) electrons. The van der Waals surface area contributed by atoms with Crippen LogP contribution in [0.3, 0.4) is 0 Å². The highest BCUT2D eigenvalue weighted by Gasteiger charge is 2.11. The molecule has 2 aromatic carbocycles. The van der Waals surface area contributed by atoms with E-state index in [2.05, 4.69) is 10.5 Å². The maximum Gasteiger partial charge on any atom is 0.271 e. The minimum absolute atomic E-state index is 0.146. The van der Waals surface area contributed by atoms with E-state index in [9.17, 15) is 14.9 Å². The van der Waals surface area contributed by atoms with E-state index in [1.807, 2.05) is 13.0 Å². The third-order valence-electron chi connectivity index (χ3n) is 3.10. The van der Waals surface area contributed by atoms with Gasteiger partial charge in [0, 0.05) is 22.7 Å². The van der Waals surface area contributed by atoms with Crippen molar-refractivity contribution in [3.8, 4) is 0 Å². The number of nitro benzene ring substituents is 1. The van der Waals surface area contributed by atoms with Crippen molar-refractivity contribution in [3.63, 3.8) is 0 Å². The summed E-state index contributed by atoms with van der Waals surface area (Å²) in [4.78, 5) is 22.3. The van der Waals surface area contributed by atoms with Crippen molar-refractivity contribution in [2.45, 2.75) is 13.3 Å². The first-order chi connectivity index (χ1) is 11.0. The molecule has 0 aliphatic heterocycles.